The number of hydrogen-bond acceptors (Lipinski definition) is 3. The minimum absolute atomic E-state index is 0.283. The molecule has 1 aromatic rings. The molecule has 0 aromatic carbocycles. The third kappa shape index (κ3) is 4.71. The Kier molecular flexibility index (Phi) is 4.87. The Morgan fingerprint density at radius 3 is 2.38 bits per heavy atom. The Hall–Kier alpha value is -0.960. The van der Waals surface area contributed by atoms with Crippen LogP contribution in [0.2, 0.25) is 0 Å². The van der Waals surface area contributed by atoms with Crippen LogP contribution in [0.4, 0.5) is 0 Å². The Balaban J connectivity index is 2.61. The van der Waals surface area contributed by atoms with Gasteiger partial charge in [-0.05, 0) is 30.9 Å². The summed E-state index contributed by atoms with van der Waals surface area (Å²) in [5, 5.41) is 3.45. The fourth-order valence-corrected chi connectivity index (χ4v) is 1.64. The van der Waals surface area contributed by atoms with E-state index in [1.165, 1.54) is 6.42 Å². The lowest BCUT2D eigenvalue weighted by atomic mass is 9.88. The smallest absolute Gasteiger partial charge is 0.145 e. The van der Waals surface area contributed by atoms with Crippen LogP contribution in [0.25, 0.3) is 0 Å². The molecule has 1 heterocycles. The van der Waals surface area contributed by atoms with Crippen molar-refractivity contribution < 1.29 is 0 Å². The van der Waals surface area contributed by atoms with E-state index in [-0.39, 0.29) is 6.04 Å². The molecule has 0 aliphatic heterocycles. The molecule has 1 atom stereocenters. The molecule has 0 saturated heterocycles. The third-order valence-electron chi connectivity index (χ3n) is 2.53. The second-order valence-electron chi connectivity index (χ2n) is 5.32. The number of aromatic nitrogens is 2. The molecule has 1 rings (SSSR count). The molecule has 0 bridgehead atoms. The van der Waals surface area contributed by atoms with Gasteiger partial charge in [0.25, 0.3) is 0 Å². The average Bonchev–Trinajstić information content (AvgIpc) is 2.24. The molecular weight excluding hydrogens is 198 g/mol. The van der Waals surface area contributed by atoms with Crippen LogP contribution in [0.5, 0.6) is 0 Å². The molecule has 0 aliphatic rings. The quantitative estimate of drug-likeness (QED) is 0.830. The van der Waals surface area contributed by atoms with E-state index in [0.717, 1.165) is 18.8 Å². The van der Waals surface area contributed by atoms with E-state index in [1.807, 2.05) is 18.5 Å². The summed E-state index contributed by atoms with van der Waals surface area (Å²) in [6.45, 7) is 9.87. The molecule has 0 saturated carbocycles. The van der Waals surface area contributed by atoms with E-state index in [1.54, 1.807) is 0 Å². The first-order chi connectivity index (χ1) is 7.53. The minimum Gasteiger partial charge on any atom is -0.308 e. The highest BCUT2D eigenvalue weighted by Gasteiger charge is 2.17. The summed E-state index contributed by atoms with van der Waals surface area (Å²) in [6.07, 6.45) is 5.87. The van der Waals surface area contributed by atoms with E-state index in [2.05, 4.69) is 43.0 Å². The van der Waals surface area contributed by atoms with Crippen LogP contribution in [0, 0.1) is 5.41 Å². The molecule has 16 heavy (non-hydrogen) atoms. The molecule has 1 aromatic heterocycles. The first-order valence-electron chi connectivity index (χ1n) is 6.03. The van der Waals surface area contributed by atoms with Crippen LogP contribution in [-0.2, 0) is 0 Å². The van der Waals surface area contributed by atoms with Crippen LogP contribution in [0.3, 0.4) is 0 Å². The van der Waals surface area contributed by atoms with Gasteiger partial charge < -0.3 is 5.32 Å². The average molecular weight is 221 g/mol. The Morgan fingerprint density at radius 2 is 1.88 bits per heavy atom. The summed E-state index contributed by atoms with van der Waals surface area (Å²) in [7, 11) is 0. The second-order valence-corrected chi connectivity index (χ2v) is 5.32. The molecular formula is C13H23N3. The molecule has 90 valence electrons. The van der Waals surface area contributed by atoms with Crippen LogP contribution < -0.4 is 5.32 Å². The summed E-state index contributed by atoms with van der Waals surface area (Å²) in [4.78, 5) is 8.65. The highest BCUT2D eigenvalue weighted by atomic mass is 15.0. The van der Waals surface area contributed by atoms with Gasteiger partial charge in [-0.15, -0.1) is 0 Å². The highest BCUT2D eigenvalue weighted by molar-refractivity contribution is 4.96. The summed E-state index contributed by atoms with van der Waals surface area (Å²) < 4.78 is 0. The fourth-order valence-electron chi connectivity index (χ4n) is 1.64. The van der Waals surface area contributed by atoms with Gasteiger partial charge in [0.2, 0.25) is 0 Å². The van der Waals surface area contributed by atoms with E-state index < -0.39 is 0 Å². The lowest BCUT2D eigenvalue weighted by Gasteiger charge is -2.22. The number of hydrogen-bond donors (Lipinski definition) is 1. The maximum absolute atomic E-state index is 4.32. The Bertz CT molecular complexity index is 290. The largest absolute Gasteiger partial charge is 0.308 e. The molecule has 3 nitrogen and oxygen atoms in total. The van der Waals surface area contributed by atoms with Gasteiger partial charge in [-0.1, -0.05) is 27.7 Å². The minimum atomic E-state index is 0.283. The van der Waals surface area contributed by atoms with Crippen molar-refractivity contribution in [2.75, 3.05) is 6.54 Å². The zero-order chi connectivity index (χ0) is 12.0. The summed E-state index contributed by atoms with van der Waals surface area (Å²) in [5.74, 6) is 0.911. The van der Waals surface area contributed by atoms with Crippen LogP contribution >= 0.6 is 0 Å². The summed E-state index contributed by atoms with van der Waals surface area (Å²) in [6, 6.07) is 2.14. The molecule has 0 fully saturated rings. The predicted octanol–water partition coefficient (Wildman–Crippen LogP) is 2.95. The maximum atomic E-state index is 4.32. The van der Waals surface area contributed by atoms with Crippen molar-refractivity contribution >= 4 is 0 Å². The SMILES string of the molecule is CCNC(CCC(C)(C)C)c1ncccn1. The van der Waals surface area contributed by atoms with Gasteiger partial charge in [-0.2, -0.15) is 0 Å². The molecule has 3 heteroatoms. The standard InChI is InChI=1S/C13H23N3/c1-5-14-11(7-8-13(2,3)4)12-15-9-6-10-16-12/h6,9-11,14H,5,7-8H2,1-4H3. The monoisotopic (exact) mass is 221 g/mol. The van der Waals surface area contributed by atoms with Gasteiger partial charge in [0.15, 0.2) is 0 Å². The van der Waals surface area contributed by atoms with E-state index in [4.69, 9.17) is 0 Å². The fraction of sp³-hybridized carbons (Fsp3) is 0.692. The molecule has 1 N–H and O–H groups in total. The van der Waals surface area contributed by atoms with Crippen LogP contribution in [-0.4, -0.2) is 16.5 Å². The van der Waals surface area contributed by atoms with E-state index >= 15 is 0 Å². The van der Waals surface area contributed by atoms with Crippen molar-refractivity contribution in [2.45, 2.75) is 46.6 Å². The molecule has 0 amide bonds. The molecule has 0 radical (unpaired) electrons. The van der Waals surface area contributed by atoms with Gasteiger partial charge in [-0.3, -0.25) is 0 Å². The lowest BCUT2D eigenvalue weighted by Crippen LogP contribution is -2.24. The van der Waals surface area contributed by atoms with Crippen molar-refractivity contribution in [1.82, 2.24) is 15.3 Å². The van der Waals surface area contributed by atoms with Gasteiger partial charge in [0.05, 0.1) is 6.04 Å². The number of nitrogens with zero attached hydrogens (tertiary/aromatic N) is 2. The van der Waals surface area contributed by atoms with Crippen LogP contribution in [0.15, 0.2) is 18.5 Å². The zero-order valence-corrected chi connectivity index (χ0v) is 10.8. The number of nitrogens with one attached hydrogen (secondary N) is 1. The zero-order valence-electron chi connectivity index (χ0n) is 10.8. The first-order valence-corrected chi connectivity index (χ1v) is 6.03. The van der Waals surface area contributed by atoms with Crippen molar-refractivity contribution in [2.24, 2.45) is 5.41 Å². The van der Waals surface area contributed by atoms with Crippen molar-refractivity contribution in [3.05, 3.63) is 24.3 Å². The van der Waals surface area contributed by atoms with Gasteiger partial charge in [-0.25, -0.2) is 9.97 Å². The summed E-state index contributed by atoms with van der Waals surface area (Å²) in [5.41, 5.74) is 0.364. The summed E-state index contributed by atoms with van der Waals surface area (Å²) >= 11 is 0. The van der Waals surface area contributed by atoms with Gasteiger partial charge in [0.1, 0.15) is 5.82 Å². The maximum Gasteiger partial charge on any atom is 0.145 e. The first kappa shape index (κ1) is 13.1. The highest BCUT2D eigenvalue weighted by Crippen LogP contribution is 2.25. The molecule has 1 unspecified atom stereocenters. The lowest BCUT2D eigenvalue weighted by molar-refractivity contribution is 0.329. The normalized spacial score (nSPS) is 13.8. The Labute approximate surface area is 98.7 Å². The van der Waals surface area contributed by atoms with Crippen LogP contribution in [0.1, 0.15) is 52.4 Å². The topological polar surface area (TPSA) is 37.8 Å². The van der Waals surface area contributed by atoms with Gasteiger partial charge in [0, 0.05) is 12.4 Å². The van der Waals surface area contributed by atoms with E-state index in [9.17, 15) is 0 Å². The van der Waals surface area contributed by atoms with Crippen molar-refractivity contribution in [3.8, 4) is 0 Å². The number of rotatable bonds is 5. The van der Waals surface area contributed by atoms with Crippen molar-refractivity contribution in [1.29, 1.82) is 0 Å². The molecule has 0 aliphatic carbocycles. The van der Waals surface area contributed by atoms with E-state index in [0.29, 0.717) is 5.41 Å². The Morgan fingerprint density at radius 1 is 1.25 bits per heavy atom. The third-order valence-corrected chi connectivity index (χ3v) is 2.53. The van der Waals surface area contributed by atoms with Gasteiger partial charge >= 0.3 is 0 Å². The van der Waals surface area contributed by atoms with Crippen molar-refractivity contribution in [3.63, 3.8) is 0 Å². The second kappa shape index (κ2) is 5.94. The predicted molar refractivity (Wildman–Crippen MR) is 67.1 cm³/mol. The molecule has 0 spiro atoms.